The van der Waals surface area contributed by atoms with Crippen molar-refractivity contribution in [1.82, 2.24) is 5.32 Å². The van der Waals surface area contributed by atoms with E-state index in [4.69, 9.17) is 10.2 Å². The number of hydrogen-bond donors (Lipinski definition) is 3. The molecule has 0 amide bonds. The largest absolute Gasteiger partial charge is 0.394 e. The number of fused-ring (bicyclic) bond motifs is 1. The Bertz CT molecular complexity index is 184. The number of nitrogens with one attached hydrogen (secondary N) is 1. The Labute approximate surface area is 65.7 Å². The Morgan fingerprint density at radius 2 is 1.55 bits per heavy atom. The lowest BCUT2D eigenvalue weighted by Crippen LogP contribution is -2.33. The Morgan fingerprint density at radius 3 is 1.91 bits per heavy atom. The Hall–Kier alpha value is -0.380. The molecule has 0 saturated carbocycles. The maximum absolute atomic E-state index is 9.08. The second-order valence-electron chi connectivity index (χ2n) is 3.49. The highest BCUT2D eigenvalue weighted by Crippen LogP contribution is 2.46. The standard InChI is InChI=1S/C8H13NO2/c10-5-7-3-1-2-4-8(7,6-11)9-7/h1-2,9-11H,3-6H2. The summed E-state index contributed by atoms with van der Waals surface area (Å²) in [6.45, 7) is 0.246. The van der Waals surface area contributed by atoms with E-state index in [0.29, 0.717) is 0 Å². The van der Waals surface area contributed by atoms with Crippen LogP contribution in [0.3, 0.4) is 0 Å². The van der Waals surface area contributed by atoms with Crippen molar-refractivity contribution in [2.45, 2.75) is 23.9 Å². The lowest BCUT2D eigenvalue weighted by atomic mass is 9.84. The van der Waals surface area contributed by atoms with Gasteiger partial charge in [0.25, 0.3) is 0 Å². The fraction of sp³-hybridized carbons (Fsp3) is 0.750. The van der Waals surface area contributed by atoms with Crippen LogP contribution in [0.5, 0.6) is 0 Å². The highest BCUT2D eigenvalue weighted by Gasteiger charge is 2.65. The van der Waals surface area contributed by atoms with Crippen LogP contribution in [-0.2, 0) is 0 Å². The van der Waals surface area contributed by atoms with Crippen molar-refractivity contribution in [1.29, 1.82) is 0 Å². The predicted octanol–water partition coefficient (Wildman–Crippen LogP) is -0.598. The highest BCUT2D eigenvalue weighted by molar-refractivity contribution is 5.32. The lowest BCUT2D eigenvalue weighted by molar-refractivity contribution is 0.192. The smallest absolute Gasteiger partial charge is 0.0664 e. The van der Waals surface area contributed by atoms with Crippen molar-refractivity contribution in [2.75, 3.05) is 13.2 Å². The Balaban J connectivity index is 2.20. The van der Waals surface area contributed by atoms with Gasteiger partial charge in [0.2, 0.25) is 0 Å². The molecule has 2 aliphatic rings. The average molecular weight is 155 g/mol. The van der Waals surface area contributed by atoms with Gasteiger partial charge in [0.15, 0.2) is 0 Å². The van der Waals surface area contributed by atoms with Gasteiger partial charge >= 0.3 is 0 Å². The van der Waals surface area contributed by atoms with Crippen LogP contribution in [0, 0.1) is 0 Å². The molecule has 62 valence electrons. The lowest BCUT2D eigenvalue weighted by Gasteiger charge is -2.20. The van der Waals surface area contributed by atoms with Gasteiger partial charge in [-0.25, -0.2) is 0 Å². The van der Waals surface area contributed by atoms with Gasteiger partial charge in [-0.1, -0.05) is 12.2 Å². The molecule has 3 heteroatoms. The summed E-state index contributed by atoms with van der Waals surface area (Å²) in [5.41, 5.74) is -0.396. The van der Waals surface area contributed by atoms with Crippen LogP contribution in [0.25, 0.3) is 0 Å². The average Bonchev–Trinajstić information content (AvgIpc) is 2.75. The molecule has 0 spiro atoms. The van der Waals surface area contributed by atoms with Crippen molar-refractivity contribution in [3.05, 3.63) is 12.2 Å². The first-order valence-electron chi connectivity index (χ1n) is 3.95. The van der Waals surface area contributed by atoms with Crippen LogP contribution in [0.4, 0.5) is 0 Å². The predicted molar refractivity (Wildman–Crippen MR) is 41.1 cm³/mol. The third-order valence-electron chi connectivity index (χ3n) is 2.97. The third kappa shape index (κ3) is 0.732. The molecule has 1 aliphatic carbocycles. The third-order valence-corrected chi connectivity index (χ3v) is 2.97. The monoisotopic (exact) mass is 155 g/mol. The van der Waals surface area contributed by atoms with Crippen molar-refractivity contribution < 1.29 is 10.2 Å². The second-order valence-corrected chi connectivity index (χ2v) is 3.49. The fourth-order valence-electron chi connectivity index (χ4n) is 2.00. The zero-order valence-electron chi connectivity index (χ0n) is 6.38. The normalized spacial score (nSPS) is 47.1. The molecule has 1 aliphatic heterocycles. The Kier molecular flexibility index (Phi) is 1.36. The molecule has 3 N–H and O–H groups in total. The molecule has 1 saturated heterocycles. The maximum atomic E-state index is 9.08. The van der Waals surface area contributed by atoms with E-state index in [0.717, 1.165) is 12.8 Å². The summed E-state index contributed by atoms with van der Waals surface area (Å²) >= 11 is 0. The quantitative estimate of drug-likeness (QED) is 0.368. The fourth-order valence-corrected chi connectivity index (χ4v) is 2.00. The second kappa shape index (κ2) is 2.06. The summed E-state index contributed by atoms with van der Waals surface area (Å²) in [4.78, 5) is 0. The molecule has 11 heavy (non-hydrogen) atoms. The van der Waals surface area contributed by atoms with Crippen LogP contribution in [0.1, 0.15) is 12.8 Å². The molecule has 3 nitrogen and oxygen atoms in total. The van der Waals surface area contributed by atoms with Crippen LogP contribution in [-0.4, -0.2) is 34.5 Å². The van der Waals surface area contributed by atoms with Crippen molar-refractivity contribution in [2.24, 2.45) is 0 Å². The Morgan fingerprint density at radius 1 is 1.09 bits per heavy atom. The van der Waals surface area contributed by atoms with Gasteiger partial charge in [0, 0.05) is 0 Å². The topological polar surface area (TPSA) is 62.4 Å². The van der Waals surface area contributed by atoms with Gasteiger partial charge in [-0.15, -0.1) is 0 Å². The zero-order valence-corrected chi connectivity index (χ0v) is 6.38. The van der Waals surface area contributed by atoms with Crippen molar-refractivity contribution >= 4 is 0 Å². The molecule has 0 aromatic heterocycles. The molecule has 0 bridgehead atoms. The molecule has 2 rings (SSSR count). The van der Waals surface area contributed by atoms with E-state index in [-0.39, 0.29) is 24.3 Å². The summed E-state index contributed by atoms with van der Waals surface area (Å²) in [5.74, 6) is 0. The van der Waals surface area contributed by atoms with Gasteiger partial charge < -0.3 is 10.2 Å². The van der Waals surface area contributed by atoms with Gasteiger partial charge in [-0.3, -0.25) is 5.32 Å². The van der Waals surface area contributed by atoms with Gasteiger partial charge in [0.1, 0.15) is 0 Å². The van der Waals surface area contributed by atoms with E-state index in [1.165, 1.54) is 0 Å². The molecule has 0 radical (unpaired) electrons. The summed E-state index contributed by atoms with van der Waals surface area (Å²) in [6, 6.07) is 0. The first-order chi connectivity index (χ1) is 5.29. The molecule has 2 atom stereocenters. The first-order valence-corrected chi connectivity index (χ1v) is 3.95. The minimum absolute atomic E-state index is 0.123. The molecule has 2 unspecified atom stereocenters. The minimum atomic E-state index is -0.198. The molecular weight excluding hydrogens is 142 g/mol. The molecule has 0 aromatic rings. The van der Waals surface area contributed by atoms with Gasteiger partial charge in [-0.2, -0.15) is 0 Å². The molecular formula is C8H13NO2. The first kappa shape index (κ1) is 7.28. The number of aliphatic hydroxyl groups excluding tert-OH is 2. The molecule has 0 aromatic carbocycles. The zero-order chi connectivity index (χ0) is 7.95. The minimum Gasteiger partial charge on any atom is -0.394 e. The van der Waals surface area contributed by atoms with E-state index < -0.39 is 0 Å². The molecule has 1 heterocycles. The van der Waals surface area contributed by atoms with Gasteiger partial charge in [0.05, 0.1) is 24.3 Å². The van der Waals surface area contributed by atoms with Gasteiger partial charge in [-0.05, 0) is 12.8 Å². The number of rotatable bonds is 2. The van der Waals surface area contributed by atoms with Crippen LogP contribution < -0.4 is 5.32 Å². The van der Waals surface area contributed by atoms with Crippen molar-refractivity contribution in [3.8, 4) is 0 Å². The van der Waals surface area contributed by atoms with E-state index in [1.807, 2.05) is 0 Å². The van der Waals surface area contributed by atoms with Crippen LogP contribution in [0.2, 0.25) is 0 Å². The summed E-state index contributed by atoms with van der Waals surface area (Å²) in [7, 11) is 0. The van der Waals surface area contributed by atoms with E-state index in [1.54, 1.807) is 0 Å². The van der Waals surface area contributed by atoms with E-state index in [2.05, 4.69) is 17.5 Å². The van der Waals surface area contributed by atoms with Crippen LogP contribution >= 0.6 is 0 Å². The number of aliphatic hydroxyl groups is 2. The summed E-state index contributed by atoms with van der Waals surface area (Å²) in [5, 5.41) is 21.4. The maximum Gasteiger partial charge on any atom is 0.0664 e. The summed E-state index contributed by atoms with van der Waals surface area (Å²) in [6.07, 6.45) is 5.79. The van der Waals surface area contributed by atoms with Crippen molar-refractivity contribution in [3.63, 3.8) is 0 Å². The van der Waals surface area contributed by atoms with E-state index >= 15 is 0 Å². The number of hydrogen-bond acceptors (Lipinski definition) is 3. The molecule has 1 fully saturated rings. The van der Waals surface area contributed by atoms with Crippen LogP contribution in [0.15, 0.2) is 12.2 Å². The van der Waals surface area contributed by atoms with E-state index in [9.17, 15) is 0 Å². The SMILES string of the molecule is OCC12CC=CCC1(CO)N2. The summed E-state index contributed by atoms with van der Waals surface area (Å²) < 4.78 is 0. The highest BCUT2D eigenvalue weighted by atomic mass is 16.3.